The third-order valence-corrected chi connectivity index (χ3v) is 6.80. The van der Waals surface area contributed by atoms with Crippen LogP contribution in [0, 0.1) is 5.92 Å². The molecule has 0 N–H and O–H groups in total. The summed E-state index contributed by atoms with van der Waals surface area (Å²) < 4.78 is 6.51. The van der Waals surface area contributed by atoms with Crippen LogP contribution >= 0.6 is 22.9 Å². The summed E-state index contributed by atoms with van der Waals surface area (Å²) in [5.74, 6) is 1.88. The van der Waals surface area contributed by atoms with Crippen LogP contribution in [0.2, 0.25) is 5.28 Å². The fourth-order valence-electron chi connectivity index (χ4n) is 3.87. The fourth-order valence-corrected chi connectivity index (χ4v) is 5.09. The van der Waals surface area contributed by atoms with Crippen molar-refractivity contribution in [1.29, 1.82) is 0 Å². The fraction of sp³-hybridized carbons (Fsp3) is 0.722. The molecule has 0 spiro atoms. The topological polar surface area (TPSA) is 57.6 Å². The molecular formula is C18H25ClN6OS. The molecule has 0 atom stereocenters. The van der Waals surface area contributed by atoms with E-state index in [1.54, 1.807) is 11.3 Å². The molecule has 3 fully saturated rings. The van der Waals surface area contributed by atoms with Crippen LogP contribution in [-0.2, 0) is 11.3 Å². The lowest BCUT2D eigenvalue weighted by Crippen LogP contribution is -2.46. The van der Waals surface area contributed by atoms with Crippen LogP contribution in [0.5, 0.6) is 0 Å². The Labute approximate surface area is 168 Å². The van der Waals surface area contributed by atoms with Gasteiger partial charge < -0.3 is 14.5 Å². The Morgan fingerprint density at radius 1 is 0.963 bits per heavy atom. The van der Waals surface area contributed by atoms with Gasteiger partial charge in [0, 0.05) is 45.8 Å². The van der Waals surface area contributed by atoms with Crippen molar-refractivity contribution in [2.75, 3.05) is 63.9 Å². The summed E-state index contributed by atoms with van der Waals surface area (Å²) in [6, 6.07) is 0. The molecule has 4 heterocycles. The third kappa shape index (κ3) is 4.19. The summed E-state index contributed by atoms with van der Waals surface area (Å²) in [5, 5.41) is 1.38. The number of nitrogens with zero attached hydrogens (tertiary/aromatic N) is 6. The van der Waals surface area contributed by atoms with Gasteiger partial charge in [0.05, 0.1) is 19.8 Å². The molecule has 5 rings (SSSR count). The monoisotopic (exact) mass is 408 g/mol. The van der Waals surface area contributed by atoms with Crippen molar-refractivity contribution >= 4 is 39.1 Å². The van der Waals surface area contributed by atoms with Crippen molar-refractivity contribution in [2.24, 2.45) is 5.92 Å². The highest BCUT2D eigenvalue weighted by molar-refractivity contribution is 7.19. The van der Waals surface area contributed by atoms with Crippen molar-refractivity contribution in [1.82, 2.24) is 24.8 Å². The van der Waals surface area contributed by atoms with Gasteiger partial charge in [-0.1, -0.05) is 0 Å². The number of anilines is 1. The molecule has 0 radical (unpaired) electrons. The Hall–Kier alpha value is -1.06. The highest BCUT2D eigenvalue weighted by atomic mass is 35.5. The van der Waals surface area contributed by atoms with Crippen molar-refractivity contribution < 1.29 is 4.74 Å². The predicted molar refractivity (Wildman–Crippen MR) is 108 cm³/mol. The molecule has 146 valence electrons. The number of ether oxygens (including phenoxy) is 1. The number of morpholine rings is 1. The normalized spacial score (nSPS) is 22.6. The molecule has 7 nitrogen and oxygen atoms in total. The van der Waals surface area contributed by atoms with E-state index in [1.807, 2.05) is 0 Å². The summed E-state index contributed by atoms with van der Waals surface area (Å²) in [7, 11) is 0. The maximum atomic E-state index is 6.18. The van der Waals surface area contributed by atoms with E-state index in [-0.39, 0.29) is 5.28 Å². The van der Waals surface area contributed by atoms with Gasteiger partial charge in [-0.25, -0.2) is 4.98 Å². The minimum absolute atomic E-state index is 0.273. The number of fused-ring (bicyclic) bond motifs is 1. The van der Waals surface area contributed by atoms with Crippen molar-refractivity contribution in [3.63, 3.8) is 0 Å². The minimum atomic E-state index is 0.273. The van der Waals surface area contributed by atoms with Gasteiger partial charge in [-0.15, -0.1) is 11.3 Å². The standard InChI is InChI=1S/C18H25ClN6OS/c19-18-21-16-15(17(22-18)25-7-9-26-10-8-25)27-14(20-16)12-24-5-3-23(4-6-24)11-13-1-2-13/h13H,1-12H2. The van der Waals surface area contributed by atoms with E-state index in [4.69, 9.17) is 21.3 Å². The number of hydrogen-bond donors (Lipinski definition) is 0. The Morgan fingerprint density at radius 2 is 1.70 bits per heavy atom. The Balaban J connectivity index is 1.29. The van der Waals surface area contributed by atoms with Gasteiger partial charge in [-0.3, -0.25) is 4.90 Å². The molecule has 2 saturated heterocycles. The van der Waals surface area contributed by atoms with Gasteiger partial charge in [0.1, 0.15) is 9.71 Å². The first-order valence-corrected chi connectivity index (χ1v) is 11.0. The quantitative estimate of drug-likeness (QED) is 0.702. The zero-order valence-electron chi connectivity index (χ0n) is 15.4. The van der Waals surface area contributed by atoms with Crippen molar-refractivity contribution in [2.45, 2.75) is 19.4 Å². The summed E-state index contributed by atoms with van der Waals surface area (Å²) in [6.45, 7) is 9.87. The zero-order chi connectivity index (χ0) is 18.2. The zero-order valence-corrected chi connectivity index (χ0v) is 17.0. The summed E-state index contributed by atoms with van der Waals surface area (Å²) >= 11 is 7.88. The van der Waals surface area contributed by atoms with E-state index in [9.17, 15) is 0 Å². The second kappa shape index (κ2) is 7.75. The van der Waals surface area contributed by atoms with Crippen LogP contribution in [0.1, 0.15) is 17.8 Å². The van der Waals surface area contributed by atoms with E-state index >= 15 is 0 Å². The average molecular weight is 409 g/mol. The maximum Gasteiger partial charge on any atom is 0.226 e. The molecule has 3 aliphatic rings. The van der Waals surface area contributed by atoms with Crippen LogP contribution in [0.25, 0.3) is 10.3 Å². The molecule has 0 amide bonds. The van der Waals surface area contributed by atoms with Gasteiger partial charge in [0.15, 0.2) is 11.5 Å². The Morgan fingerprint density at radius 3 is 2.44 bits per heavy atom. The molecule has 1 saturated carbocycles. The number of thiazole rings is 1. The van der Waals surface area contributed by atoms with Gasteiger partial charge in [-0.05, 0) is 30.4 Å². The first-order valence-electron chi connectivity index (χ1n) is 9.85. The number of halogens is 1. The first-order chi connectivity index (χ1) is 13.2. The largest absolute Gasteiger partial charge is 0.378 e. The molecule has 9 heteroatoms. The molecule has 2 aromatic rings. The minimum Gasteiger partial charge on any atom is -0.378 e. The molecule has 0 unspecified atom stereocenters. The van der Waals surface area contributed by atoms with Gasteiger partial charge in [0.2, 0.25) is 5.28 Å². The third-order valence-electron chi connectivity index (χ3n) is 5.60. The van der Waals surface area contributed by atoms with Crippen LogP contribution in [0.3, 0.4) is 0 Å². The lowest BCUT2D eigenvalue weighted by Gasteiger charge is -2.34. The van der Waals surface area contributed by atoms with Crippen LogP contribution < -0.4 is 4.90 Å². The Kier molecular flexibility index (Phi) is 5.17. The molecule has 27 heavy (non-hydrogen) atoms. The average Bonchev–Trinajstić information content (AvgIpc) is 3.41. The van der Waals surface area contributed by atoms with E-state index in [1.165, 1.54) is 32.5 Å². The summed E-state index contributed by atoms with van der Waals surface area (Å²) in [6.07, 6.45) is 2.86. The first kappa shape index (κ1) is 18.0. The summed E-state index contributed by atoms with van der Waals surface area (Å²) in [5.41, 5.74) is 0.726. The molecule has 0 bridgehead atoms. The van der Waals surface area contributed by atoms with Gasteiger partial charge in [-0.2, -0.15) is 9.97 Å². The van der Waals surface area contributed by atoms with Crippen LogP contribution in [0.15, 0.2) is 0 Å². The highest BCUT2D eigenvalue weighted by Crippen LogP contribution is 2.32. The van der Waals surface area contributed by atoms with Gasteiger partial charge >= 0.3 is 0 Å². The number of rotatable bonds is 5. The van der Waals surface area contributed by atoms with Gasteiger partial charge in [0.25, 0.3) is 0 Å². The molecular weight excluding hydrogens is 384 g/mol. The number of hydrogen-bond acceptors (Lipinski definition) is 8. The van der Waals surface area contributed by atoms with Crippen molar-refractivity contribution in [3.05, 3.63) is 10.3 Å². The van der Waals surface area contributed by atoms with Crippen LogP contribution in [0.4, 0.5) is 5.82 Å². The molecule has 0 aromatic carbocycles. The van der Waals surface area contributed by atoms with E-state index < -0.39 is 0 Å². The van der Waals surface area contributed by atoms with Crippen molar-refractivity contribution in [3.8, 4) is 0 Å². The smallest absolute Gasteiger partial charge is 0.226 e. The highest BCUT2D eigenvalue weighted by Gasteiger charge is 2.27. The number of aromatic nitrogens is 3. The maximum absolute atomic E-state index is 6.18. The SMILES string of the molecule is Clc1nc(N2CCOCC2)c2sc(CN3CCN(CC4CC4)CC3)nc2n1. The molecule has 2 aliphatic heterocycles. The molecule has 2 aromatic heterocycles. The lowest BCUT2D eigenvalue weighted by molar-refractivity contribution is 0.122. The second-order valence-corrected chi connectivity index (χ2v) is 9.12. The van der Waals surface area contributed by atoms with E-state index in [0.29, 0.717) is 0 Å². The van der Waals surface area contributed by atoms with Crippen LogP contribution in [-0.4, -0.2) is 83.8 Å². The second-order valence-electron chi connectivity index (χ2n) is 7.70. The predicted octanol–water partition coefficient (Wildman–Crippen LogP) is 2.10. The number of piperazine rings is 1. The van der Waals surface area contributed by atoms with E-state index in [0.717, 1.165) is 73.0 Å². The molecule has 1 aliphatic carbocycles. The lowest BCUT2D eigenvalue weighted by atomic mass is 10.3. The Bertz CT molecular complexity index is 798. The van der Waals surface area contributed by atoms with E-state index in [2.05, 4.69) is 24.7 Å². The summed E-state index contributed by atoms with van der Waals surface area (Å²) in [4.78, 5) is 21.0.